The molecule has 1 saturated heterocycles. The summed E-state index contributed by atoms with van der Waals surface area (Å²) in [5, 5.41) is 30.7. The van der Waals surface area contributed by atoms with Crippen LogP contribution >= 0.6 is 0 Å². The van der Waals surface area contributed by atoms with Crippen LogP contribution in [-0.2, 0) is 38.3 Å². The van der Waals surface area contributed by atoms with Crippen molar-refractivity contribution in [2.24, 2.45) is 0 Å². The van der Waals surface area contributed by atoms with E-state index < -0.39 is 59.8 Å². The molecule has 368 valence electrons. The molecule has 0 saturated carbocycles. The second-order valence-electron chi connectivity index (χ2n) is 17.0. The Balaban J connectivity index is 2.37. The summed E-state index contributed by atoms with van der Waals surface area (Å²) in [6.07, 6.45) is 41.7. The number of rotatable bonds is 43. The number of carbonyl (C=O) groups is 1. The first kappa shape index (κ1) is 59.1. The summed E-state index contributed by atoms with van der Waals surface area (Å²) >= 11 is 0. The lowest BCUT2D eigenvalue weighted by Gasteiger charge is -2.41. The van der Waals surface area contributed by atoms with Gasteiger partial charge >= 0.3 is 16.4 Å². The van der Waals surface area contributed by atoms with Crippen LogP contribution < -0.4 is 0 Å². The molecule has 0 aromatic carbocycles. The highest BCUT2D eigenvalue weighted by molar-refractivity contribution is 7.80. The minimum Gasteiger partial charge on any atom is -0.457 e. The van der Waals surface area contributed by atoms with E-state index in [-0.39, 0.29) is 19.6 Å². The monoisotopic (exact) mass is 915 g/mol. The molecule has 13 heteroatoms. The Morgan fingerprint density at radius 1 is 0.619 bits per heavy atom. The van der Waals surface area contributed by atoms with Gasteiger partial charge in [-0.1, -0.05) is 197 Å². The van der Waals surface area contributed by atoms with Crippen LogP contribution in [0.15, 0.2) is 48.6 Å². The molecule has 0 bridgehead atoms. The fourth-order valence-corrected chi connectivity index (χ4v) is 8.01. The number of hydrogen-bond acceptors (Lipinski definition) is 11. The number of esters is 1. The highest BCUT2D eigenvalue weighted by Crippen LogP contribution is 2.26. The fraction of sp³-hybridized carbons (Fsp3) is 0.820. The Bertz CT molecular complexity index is 1290. The third kappa shape index (κ3) is 35.0. The maximum atomic E-state index is 12.9. The number of hydrogen-bond donors (Lipinski definition) is 4. The van der Waals surface area contributed by atoms with Gasteiger partial charge in [0.05, 0.1) is 19.8 Å². The Kier molecular flexibility index (Phi) is 38.9. The Morgan fingerprint density at radius 3 is 1.54 bits per heavy atom. The van der Waals surface area contributed by atoms with Gasteiger partial charge in [0.15, 0.2) is 6.29 Å². The predicted molar refractivity (Wildman–Crippen MR) is 253 cm³/mol. The lowest BCUT2D eigenvalue weighted by atomic mass is 9.99. The van der Waals surface area contributed by atoms with Crippen LogP contribution in [0.4, 0.5) is 0 Å². The van der Waals surface area contributed by atoms with Gasteiger partial charge in [0, 0.05) is 13.0 Å². The summed E-state index contributed by atoms with van der Waals surface area (Å²) in [6, 6.07) is 0. The van der Waals surface area contributed by atoms with E-state index in [4.69, 9.17) is 18.9 Å². The van der Waals surface area contributed by atoms with Gasteiger partial charge in [-0.3, -0.25) is 9.35 Å². The largest absolute Gasteiger partial charge is 0.457 e. The second kappa shape index (κ2) is 41.5. The van der Waals surface area contributed by atoms with Crippen molar-refractivity contribution in [3.8, 4) is 0 Å². The van der Waals surface area contributed by atoms with Gasteiger partial charge in [-0.2, -0.15) is 8.42 Å². The van der Waals surface area contributed by atoms with E-state index in [9.17, 15) is 33.1 Å². The van der Waals surface area contributed by atoms with Crippen LogP contribution in [0, 0.1) is 0 Å². The number of allylic oxidation sites excluding steroid dienone is 8. The minimum absolute atomic E-state index is 0.000874. The SMILES string of the molecule is CC/C=C\C/C=C\C/C=C\C/C=C\CCCOCC(COC1OC(CO)C(O)C(OS(=O)(=O)O)C1O)OC(=O)CCCCCCCCCCCCCCCCCCCCCCCC. The van der Waals surface area contributed by atoms with Crippen molar-refractivity contribution in [2.45, 2.75) is 237 Å². The van der Waals surface area contributed by atoms with Crippen LogP contribution in [0.1, 0.15) is 200 Å². The second-order valence-corrected chi connectivity index (χ2v) is 18.1. The van der Waals surface area contributed by atoms with Crippen molar-refractivity contribution in [2.75, 3.05) is 26.4 Å². The number of ether oxygens (including phenoxy) is 4. The zero-order valence-electron chi connectivity index (χ0n) is 39.4. The zero-order chi connectivity index (χ0) is 46.1. The van der Waals surface area contributed by atoms with Gasteiger partial charge < -0.3 is 34.3 Å². The molecule has 1 aliphatic heterocycles. The fourth-order valence-electron chi connectivity index (χ4n) is 7.50. The van der Waals surface area contributed by atoms with Crippen LogP contribution in [0.2, 0.25) is 0 Å². The van der Waals surface area contributed by atoms with Crippen molar-refractivity contribution < 1.29 is 56.2 Å². The van der Waals surface area contributed by atoms with E-state index in [1.165, 1.54) is 116 Å². The molecule has 12 nitrogen and oxygen atoms in total. The Hall–Kier alpha value is -1.94. The first-order valence-electron chi connectivity index (χ1n) is 24.9. The van der Waals surface area contributed by atoms with Crippen LogP contribution in [0.3, 0.4) is 0 Å². The summed E-state index contributed by atoms with van der Waals surface area (Å²) in [7, 11) is -5.07. The van der Waals surface area contributed by atoms with Crippen molar-refractivity contribution >= 4 is 16.4 Å². The van der Waals surface area contributed by atoms with Gasteiger partial charge in [0.1, 0.15) is 30.5 Å². The molecule has 0 amide bonds. The smallest absolute Gasteiger partial charge is 0.397 e. The van der Waals surface area contributed by atoms with Crippen molar-refractivity contribution in [3.63, 3.8) is 0 Å². The molecule has 1 aliphatic rings. The molecule has 63 heavy (non-hydrogen) atoms. The summed E-state index contributed by atoms with van der Waals surface area (Å²) in [5.41, 5.74) is 0. The van der Waals surface area contributed by atoms with Gasteiger partial charge in [0.2, 0.25) is 0 Å². The van der Waals surface area contributed by atoms with Crippen LogP contribution in [0.5, 0.6) is 0 Å². The summed E-state index contributed by atoms with van der Waals surface area (Å²) < 4.78 is 59.1. The van der Waals surface area contributed by atoms with E-state index in [0.29, 0.717) is 13.0 Å². The Labute approximate surface area is 383 Å². The maximum absolute atomic E-state index is 12.9. The summed E-state index contributed by atoms with van der Waals surface area (Å²) in [6.45, 7) is 3.75. The Morgan fingerprint density at radius 2 is 1.08 bits per heavy atom. The molecule has 0 aromatic rings. The number of carbonyl (C=O) groups excluding carboxylic acids is 1. The molecule has 1 fully saturated rings. The van der Waals surface area contributed by atoms with E-state index in [2.05, 4.69) is 66.6 Å². The van der Waals surface area contributed by atoms with Crippen molar-refractivity contribution in [1.29, 1.82) is 0 Å². The lowest BCUT2D eigenvalue weighted by Crippen LogP contribution is -2.60. The molecule has 1 heterocycles. The van der Waals surface area contributed by atoms with Gasteiger partial charge in [-0.15, -0.1) is 0 Å². The lowest BCUT2D eigenvalue weighted by molar-refractivity contribution is -0.301. The average Bonchev–Trinajstić information content (AvgIpc) is 3.26. The third-order valence-electron chi connectivity index (χ3n) is 11.2. The quantitative estimate of drug-likeness (QED) is 0.0197. The van der Waals surface area contributed by atoms with Crippen LogP contribution in [-0.4, -0.2) is 97.5 Å². The molecule has 6 unspecified atom stereocenters. The predicted octanol–water partition coefficient (Wildman–Crippen LogP) is 11.1. The van der Waals surface area contributed by atoms with Gasteiger partial charge in [-0.25, -0.2) is 4.18 Å². The number of aliphatic hydroxyl groups excluding tert-OH is 3. The highest BCUT2D eigenvalue weighted by Gasteiger charge is 2.48. The number of aliphatic hydroxyl groups is 3. The molecule has 0 spiro atoms. The van der Waals surface area contributed by atoms with E-state index >= 15 is 0 Å². The molecule has 0 aliphatic carbocycles. The minimum atomic E-state index is -5.07. The average molecular weight is 915 g/mol. The summed E-state index contributed by atoms with van der Waals surface area (Å²) in [4.78, 5) is 12.9. The molecule has 0 radical (unpaired) electrons. The van der Waals surface area contributed by atoms with E-state index in [1.807, 2.05) is 0 Å². The molecule has 6 atom stereocenters. The van der Waals surface area contributed by atoms with Gasteiger partial charge in [-0.05, 0) is 44.9 Å². The highest BCUT2D eigenvalue weighted by atomic mass is 32.3. The van der Waals surface area contributed by atoms with E-state index in [1.54, 1.807) is 0 Å². The third-order valence-corrected chi connectivity index (χ3v) is 11.7. The normalized spacial score (nSPS) is 20.3. The number of unbranched alkanes of at least 4 members (excludes halogenated alkanes) is 22. The van der Waals surface area contributed by atoms with E-state index in [0.717, 1.165) is 57.8 Å². The van der Waals surface area contributed by atoms with Gasteiger partial charge in [0.25, 0.3) is 0 Å². The van der Waals surface area contributed by atoms with Crippen LogP contribution in [0.25, 0.3) is 0 Å². The first-order chi connectivity index (χ1) is 30.6. The standard InChI is InChI=1S/C50H90O12S/c1-3-5-7-9-11-13-15-17-19-20-21-22-23-24-25-26-27-29-31-33-35-37-39-46(52)60-44(42-58-40-38-36-34-32-30-28-18-16-14-12-10-8-6-4-2)43-59-50-48(54)49(62-63(55,56)57)47(53)45(41-51)61-50/h6,8,12,14,18,28,32,34,44-45,47-51,53-54H,3-5,7,9-11,13,15-17,19-27,29-31,33,35-43H2,1-2H3,(H,55,56,57)/b8-6-,14-12-,28-18-,34-32-. The molecular formula is C50H90O12S. The zero-order valence-corrected chi connectivity index (χ0v) is 40.2. The summed E-state index contributed by atoms with van der Waals surface area (Å²) in [5.74, 6) is -0.415. The molecule has 4 N–H and O–H groups in total. The van der Waals surface area contributed by atoms with Crippen molar-refractivity contribution in [1.82, 2.24) is 0 Å². The van der Waals surface area contributed by atoms with Crippen molar-refractivity contribution in [3.05, 3.63) is 48.6 Å². The molecule has 0 aromatic heterocycles. The molecular weight excluding hydrogens is 825 g/mol. The first-order valence-corrected chi connectivity index (χ1v) is 26.3. The topological polar surface area (TPSA) is 178 Å². The molecule has 1 rings (SSSR count). The maximum Gasteiger partial charge on any atom is 0.397 e.